The molecule has 3 heteroatoms. The average molecular weight is 146 g/mol. The minimum absolute atomic E-state index is 0.124. The second-order valence-corrected chi connectivity index (χ2v) is 2.41. The number of methoxy groups -OCH3 is 2. The highest BCUT2D eigenvalue weighted by Crippen LogP contribution is 2.12. The molecule has 0 aliphatic carbocycles. The molecule has 0 spiro atoms. The van der Waals surface area contributed by atoms with Crippen molar-refractivity contribution in [2.75, 3.05) is 27.4 Å². The molecule has 0 aromatic heterocycles. The van der Waals surface area contributed by atoms with Crippen molar-refractivity contribution in [2.45, 2.75) is 18.6 Å². The topological polar surface area (TPSA) is 27.7 Å². The van der Waals surface area contributed by atoms with Crippen LogP contribution in [0.1, 0.15) is 6.42 Å². The van der Waals surface area contributed by atoms with Crippen molar-refractivity contribution in [2.24, 2.45) is 0 Å². The first kappa shape index (κ1) is 7.98. The van der Waals surface area contributed by atoms with E-state index in [9.17, 15) is 0 Å². The Labute approximate surface area is 61.3 Å². The van der Waals surface area contributed by atoms with E-state index >= 15 is 0 Å². The Morgan fingerprint density at radius 2 is 1.90 bits per heavy atom. The first-order valence-electron chi connectivity index (χ1n) is 3.52. The van der Waals surface area contributed by atoms with Gasteiger partial charge in [0.2, 0.25) is 0 Å². The van der Waals surface area contributed by atoms with E-state index in [2.05, 4.69) is 0 Å². The molecule has 1 aliphatic heterocycles. The van der Waals surface area contributed by atoms with Gasteiger partial charge in [-0.05, 0) is 6.42 Å². The number of hydrogen-bond donors (Lipinski definition) is 0. The Morgan fingerprint density at radius 1 is 1.20 bits per heavy atom. The van der Waals surface area contributed by atoms with Crippen molar-refractivity contribution in [1.29, 1.82) is 0 Å². The molecule has 1 aliphatic rings. The maximum atomic E-state index is 5.20. The largest absolute Gasteiger partial charge is 0.379 e. The third-order valence-corrected chi connectivity index (χ3v) is 1.85. The molecule has 10 heavy (non-hydrogen) atoms. The molecule has 0 bridgehead atoms. The van der Waals surface area contributed by atoms with E-state index in [0.717, 1.165) is 13.0 Å². The van der Waals surface area contributed by atoms with Crippen LogP contribution in [0, 0.1) is 0 Å². The molecule has 0 saturated carbocycles. The van der Waals surface area contributed by atoms with Crippen LogP contribution in [0.4, 0.5) is 0 Å². The van der Waals surface area contributed by atoms with Gasteiger partial charge in [0.15, 0.2) is 0 Å². The van der Waals surface area contributed by atoms with Crippen LogP contribution in [0.2, 0.25) is 0 Å². The molecular formula is C7H14O3. The molecule has 1 fully saturated rings. The molecule has 1 rings (SSSR count). The number of hydrogen-bond acceptors (Lipinski definition) is 3. The van der Waals surface area contributed by atoms with Crippen molar-refractivity contribution in [1.82, 2.24) is 0 Å². The van der Waals surface area contributed by atoms with Gasteiger partial charge in [-0.2, -0.15) is 0 Å². The molecule has 0 radical (unpaired) electrons. The van der Waals surface area contributed by atoms with Gasteiger partial charge in [0.05, 0.1) is 12.7 Å². The van der Waals surface area contributed by atoms with Crippen molar-refractivity contribution in [3.05, 3.63) is 0 Å². The zero-order valence-corrected chi connectivity index (χ0v) is 6.50. The monoisotopic (exact) mass is 146 g/mol. The van der Waals surface area contributed by atoms with Gasteiger partial charge in [0.1, 0.15) is 6.10 Å². The fourth-order valence-electron chi connectivity index (χ4n) is 1.18. The normalized spacial score (nSPS) is 34.2. The smallest absolute Gasteiger partial charge is 0.107 e. The number of ether oxygens (including phenoxy) is 3. The summed E-state index contributed by atoms with van der Waals surface area (Å²) in [5.74, 6) is 0. The van der Waals surface area contributed by atoms with Gasteiger partial charge in [-0.25, -0.2) is 0 Å². The summed E-state index contributed by atoms with van der Waals surface area (Å²) in [4.78, 5) is 0. The quantitative estimate of drug-likeness (QED) is 0.565. The van der Waals surface area contributed by atoms with Crippen molar-refractivity contribution < 1.29 is 14.2 Å². The van der Waals surface area contributed by atoms with Crippen LogP contribution in [-0.4, -0.2) is 39.6 Å². The Balaban J connectivity index is 2.34. The minimum Gasteiger partial charge on any atom is -0.379 e. The second-order valence-electron chi connectivity index (χ2n) is 2.41. The molecule has 60 valence electrons. The van der Waals surface area contributed by atoms with Crippen LogP contribution >= 0.6 is 0 Å². The standard InChI is InChI=1S/C7H14O3/c1-8-6-3-4-10-5-7(6)9-2/h6-7H,3-5H2,1-2H3. The van der Waals surface area contributed by atoms with Gasteiger partial charge in [-0.15, -0.1) is 0 Å². The molecule has 1 heterocycles. The van der Waals surface area contributed by atoms with E-state index < -0.39 is 0 Å². The van der Waals surface area contributed by atoms with Gasteiger partial charge in [0, 0.05) is 20.8 Å². The van der Waals surface area contributed by atoms with E-state index in [1.165, 1.54) is 0 Å². The Hall–Kier alpha value is -0.120. The summed E-state index contributed by atoms with van der Waals surface area (Å²) < 4.78 is 15.5. The molecular weight excluding hydrogens is 132 g/mol. The van der Waals surface area contributed by atoms with Crippen LogP contribution < -0.4 is 0 Å². The predicted molar refractivity (Wildman–Crippen MR) is 37.0 cm³/mol. The van der Waals surface area contributed by atoms with Gasteiger partial charge in [-0.3, -0.25) is 0 Å². The molecule has 1 saturated heterocycles. The summed E-state index contributed by atoms with van der Waals surface area (Å²) in [6.45, 7) is 1.45. The zero-order chi connectivity index (χ0) is 7.40. The Bertz CT molecular complexity index is 82.9. The van der Waals surface area contributed by atoms with Crippen LogP contribution in [0.5, 0.6) is 0 Å². The fourth-order valence-corrected chi connectivity index (χ4v) is 1.18. The third kappa shape index (κ3) is 1.68. The lowest BCUT2D eigenvalue weighted by molar-refractivity contribution is -0.116. The summed E-state index contributed by atoms with van der Waals surface area (Å²) >= 11 is 0. The third-order valence-electron chi connectivity index (χ3n) is 1.85. The van der Waals surface area contributed by atoms with Crippen molar-refractivity contribution in [3.8, 4) is 0 Å². The summed E-state index contributed by atoms with van der Waals surface area (Å²) in [6.07, 6.45) is 1.28. The minimum atomic E-state index is 0.124. The highest BCUT2D eigenvalue weighted by molar-refractivity contribution is 4.73. The van der Waals surface area contributed by atoms with E-state index in [1.54, 1.807) is 14.2 Å². The highest BCUT2D eigenvalue weighted by Gasteiger charge is 2.24. The average Bonchev–Trinajstić information content (AvgIpc) is 2.04. The lowest BCUT2D eigenvalue weighted by atomic mass is 10.1. The maximum Gasteiger partial charge on any atom is 0.107 e. The summed E-state index contributed by atoms with van der Waals surface area (Å²) in [7, 11) is 3.40. The number of rotatable bonds is 2. The predicted octanol–water partition coefficient (Wildman–Crippen LogP) is 0.437. The lowest BCUT2D eigenvalue weighted by Gasteiger charge is -2.28. The van der Waals surface area contributed by atoms with Crippen LogP contribution in [0.25, 0.3) is 0 Å². The molecule has 2 atom stereocenters. The van der Waals surface area contributed by atoms with Crippen molar-refractivity contribution in [3.63, 3.8) is 0 Å². The molecule has 0 aromatic rings. The molecule has 0 amide bonds. The van der Waals surface area contributed by atoms with E-state index in [4.69, 9.17) is 14.2 Å². The van der Waals surface area contributed by atoms with E-state index in [-0.39, 0.29) is 12.2 Å². The fraction of sp³-hybridized carbons (Fsp3) is 1.00. The Kier molecular flexibility index (Phi) is 3.12. The molecule has 3 nitrogen and oxygen atoms in total. The zero-order valence-electron chi connectivity index (χ0n) is 6.50. The second kappa shape index (κ2) is 3.91. The molecule has 2 unspecified atom stereocenters. The van der Waals surface area contributed by atoms with Gasteiger partial charge in [0.25, 0.3) is 0 Å². The molecule has 0 aromatic carbocycles. The summed E-state index contributed by atoms with van der Waals surface area (Å²) in [6, 6.07) is 0. The first-order chi connectivity index (χ1) is 4.88. The van der Waals surface area contributed by atoms with Crippen LogP contribution in [0.15, 0.2) is 0 Å². The van der Waals surface area contributed by atoms with Crippen molar-refractivity contribution >= 4 is 0 Å². The SMILES string of the molecule is COC1CCOCC1OC. The van der Waals surface area contributed by atoms with Gasteiger partial charge < -0.3 is 14.2 Å². The summed E-state index contributed by atoms with van der Waals surface area (Å²) in [5.41, 5.74) is 0. The van der Waals surface area contributed by atoms with Crippen LogP contribution in [-0.2, 0) is 14.2 Å². The lowest BCUT2D eigenvalue weighted by Crippen LogP contribution is -2.39. The molecule has 0 N–H and O–H groups in total. The van der Waals surface area contributed by atoms with Gasteiger partial charge >= 0.3 is 0 Å². The highest BCUT2D eigenvalue weighted by atomic mass is 16.6. The van der Waals surface area contributed by atoms with Crippen LogP contribution in [0.3, 0.4) is 0 Å². The van der Waals surface area contributed by atoms with E-state index in [1.807, 2.05) is 0 Å². The first-order valence-corrected chi connectivity index (χ1v) is 3.52. The Morgan fingerprint density at radius 3 is 2.40 bits per heavy atom. The van der Waals surface area contributed by atoms with E-state index in [0.29, 0.717) is 6.61 Å². The van der Waals surface area contributed by atoms with Gasteiger partial charge in [-0.1, -0.05) is 0 Å². The summed E-state index contributed by atoms with van der Waals surface area (Å²) in [5, 5.41) is 0. The maximum absolute atomic E-state index is 5.20.